The largest absolute Gasteiger partial charge is 0.382 e. The van der Waals surface area contributed by atoms with Crippen LogP contribution in [0.25, 0.3) is 0 Å². The molecule has 0 aliphatic heterocycles. The number of thiazole rings is 1. The minimum atomic E-state index is -0.203. The van der Waals surface area contributed by atoms with Crippen LogP contribution in [0.15, 0.2) is 0 Å². The van der Waals surface area contributed by atoms with E-state index in [0.29, 0.717) is 23.2 Å². The zero-order chi connectivity index (χ0) is 14.3. The van der Waals surface area contributed by atoms with E-state index < -0.39 is 0 Å². The van der Waals surface area contributed by atoms with Crippen LogP contribution in [0.1, 0.15) is 36.9 Å². The van der Waals surface area contributed by atoms with Gasteiger partial charge in [-0.3, -0.25) is 4.79 Å². The van der Waals surface area contributed by atoms with Crippen molar-refractivity contribution in [2.45, 2.75) is 33.3 Å². The van der Waals surface area contributed by atoms with E-state index in [2.05, 4.69) is 22.5 Å². The molecule has 1 amide bonds. The second-order valence-electron chi connectivity index (χ2n) is 4.14. The lowest BCUT2D eigenvalue weighted by Crippen LogP contribution is -2.32. The molecule has 0 saturated heterocycles. The number of nitrogens with two attached hydrogens (primary N) is 1. The predicted octanol–water partition coefficient (Wildman–Crippen LogP) is 1.70. The van der Waals surface area contributed by atoms with E-state index in [-0.39, 0.29) is 17.8 Å². The maximum Gasteiger partial charge on any atom is 0.265 e. The minimum absolute atomic E-state index is 0.0132. The summed E-state index contributed by atoms with van der Waals surface area (Å²) in [6, 6.07) is 0. The first-order valence-electron chi connectivity index (χ1n) is 6.48. The van der Waals surface area contributed by atoms with Gasteiger partial charge in [0.15, 0.2) is 5.13 Å². The normalized spacial score (nSPS) is 12.2. The first-order chi connectivity index (χ1) is 9.08. The fourth-order valence-electron chi connectivity index (χ4n) is 1.46. The van der Waals surface area contributed by atoms with E-state index in [4.69, 9.17) is 10.5 Å². The number of hydrogen-bond donors (Lipinski definition) is 3. The Kier molecular flexibility index (Phi) is 6.58. The van der Waals surface area contributed by atoms with Crippen molar-refractivity contribution in [3.63, 3.8) is 0 Å². The van der Waals surface area contributed by atoms with E-state index in [1.54, 1.807) is 0 Å². The number of aromatic nitrogens is 1. The van der Waals surface area contributed by atoms with Gasteiger partial charge in [-0.15, -0.1) is 0 Å². The summed E-state index contributed by atoms with van der Waals surface area (Å²) < 4.78 is 5.35. The number of amides is 1. The Morgan fingerprint density at radius 1 is 1.53 bits per heavy atom. The molecule has 6 nitrogen and oxygen atoms in total. The number of hydrogen-bond acceptors (Lipinski definition) is 6. The van der Waals surface area contributed by atoms with Gasteiger partial charge in [-0.25, -0.2) is 4.98 Å². The molecule has 1 heterocycles. The van der Waals surface area contributed by atoms with Gasteiger partial charge < -0.3 is 21.1 Å². The molecule has 0 saturated carbocycles. The van der Waals surface area contributed by atoms with Crippen LogP contribution >= 0.6 is 11.3 Å². The molecule has 1 unspecified atom stereocenters. The highest BCUT2D eigenvalue weighted by atomic mass is 32.1. The molecule has 0 spiro atoms. The van der Waals surface area contributed by atoms with Crippen LogP contribution in [0, 0.1) is 0 Å². The molecule has 108 valence electrons. The summed E-state index contributed by atoms with van der Waals surface area (Å²) in [7, 11) is 0. The maximum atomic E-state index is 12.0. The van der Waals surface area contributed by atoms with E-state index in [1.165, 1.54) is 11.3 Å². The molecule has 0 bridgehead atoms. The second kappa shape index (κ2) is 7.96. The number of nitrogen functional groups attached to an aromatic ring is 1. The summed E-state index contributed by atoms with van der Waals surface area (Å²) in [5, 5.41) is 6.59. The van der Waals surface area contributed by atoms with Crippen LogP contribution in [0.5, 0.6) is 0 Å². The number of carbonyl (C=O) groups excluding carboxylic acids is 1. The van der Waals surface area contributed by atoms with Gasteiger partial charge >= 0.3 is 0 Å². The first-order valence-corrected chi connectivity index (χ1v) is 7.30. The molecular formula is C12H22N4O2S. The van der Waals surface area contributed by atoms with Crippen molar-refractivity contribution in [2.24, 2.45) is 0 Å². The topological polar surface area (TPSA) is 89.3 Å². The van der Waals surface area contributed by atoms with Gasteiger partial charge in [-0.2, -0.15) is 0 Å². The zero-order valence-electron chi connectivity index (χ0n) is 11.7. The molecule has 7 heteroatoms. The fraction of sp³-hybridized carbons (Fsp3) is 0.667. The Morgan fingerprint density at radius 3 is 2.89 bits per heavy atom. The summed E-state index contributed by atoms with van der Waals surface area (Å²) in [5.74, 6) is 0.0660. The number of ether oxygens (including phenoxy) is 1. The molecule has 1 aromatic heterocycles. The standard InChI is InChI=1S/C12H22N4O2S/c1-4-6-14-12-16-10(13)9(19-12)11(17)15-7-8(3)18-5-2/h8H,4-7,13H2,1-3H3,(H,14,16)(H,15,17). The van der Waals surface area contributed by atoms with Crippen LogP contribution in [-0.4, -0.2) is 36.7 Å². The van der Waals surface area contributed by atoms with E-state index in [9.17, 15) is 4.79 Å². The molecule has 1 atom stereocenters. The number of carbonyl (C=O) groups is 1. The zero-order valence-corrected chi connectivity index (χ0v) is 12.5. The Balaban J connectivity index is 2.54. The third-order valence-electron chi connectivity index (χ3n) is 2.39. The maximum absolute atomic E-state index is 12.0. The van der Waals surface area contributed by atoms with Crippen molar-refractivity contribution in [1.82, 2.24) is 10.3 Å². The number of rotatable bonds is 8. The van der Waals surface area contributed by atoms with Crippen molar-refractivity contribution < 1.29 is 9.53 Å². The van der Waals surface area contributed by atoms with Crippen LogP contribution in [0.4, 0.5) is 10.9 Å². The summed E-state index contributed by atoms with van der Waals surface area (Å²) in [4.78, 5) is 16.5. The second-order valence-corrected chi connectivity index (χ2v) is 5.14. The van der Waals surface area contributed by atoms with E-state index in [1.807, 2.05) is 13.8 Å². The first kappa shape index (κ1) is 15.7. The summed E-state index contributed by atoms with van der Waals surface area (Å²) in [6.45, 7) is 7.80. The van der Waals surface area contributed by atoms with Gasteiger partial charge in [0.05, 0.1) is 6.10 Å². The molecule has 0 aliphatic carbocycles. The van der Waals surface area contributed by atoms with Crippen LogP contribution in [-0.2, 0) is 4.74 Å². The van der Waals surface area contributed by atoms with Crippen molar-refractivity contribution in [3.05, 3.63) is 4.88 Å². The highest BCUT2D eigenvalue weighted by molar-refractivity contribution is 7.18. The average molecular weight is 286 g/mol. The molecule has 0 radical (unpaired) electrons. The van der Waals surface area contributed by atoms with Crippen LogP contribution < -0.4 is 16.4 Å². The predicted molar refractivity (Wildman–Crippen MR) is 78.7 cm³/mol. The van der Waals surface area contributed by atoms with E-state index >= 15 is 0 Å². The molecule has 0 aromatic carbocycles. The quantitative estimate of drug-likeness (QED) is 0.677. The molecular weight excluding hydrogens is 264 g/mol. The third kappa shape index (κ3) is 5.04. The van der Waals surface area contributed by atoms with Crippen molar-refractivity contribution in [3.8, 4) is 0 Å². The summed E-state index contributed by atoms with van der Waals surface area (Å²) in [6.07, 6.45) is 0.980. The molecule has 1 rings (SSSR count). The van der Waals surface area contributed by atoms with Gasteiger partial charge in [-0.1, -0.05) is 18.3 Å². The smallest absolute Gasteiger partial charge is 0.265 e. The Bertz CT molecular complexity index is 408. The Morgan fingerprint density at radius 2 is 2.26 bits per heavy atom. The molecule has 4 N–H and O–H groups in total. The molecule has 0 aliphatic rings. The van der Waals surface area contributed by atoms with Gasteiger partial charge in [0.2, 0.25) is 0 Å². The molecule has 19 heavy (non-hydrogen) atoms. The van der Waals surface area contributed by atoms with Gasteiger partial charge in [0, 0.05) is 19.7 Å². The van der Waals surface area contributed by atoms with Crippen molar-refractivity contribution in [1.29, 1.82) is 0 Å². The monoisotopic (exact) mass is 286 g/mol. The lowest BCUT2D eigenvalue weighted by molar-refractivity contribution is 0.0697. The number of nitrogens with zero attached hydrogens (tertiary/aromatic N) is 1. The number of nitrogens with one attached hydrogen (secondary N) is 2. The lowest BCUT2D eigenvalue weighted by atomic mass is 10.4. The minimum Gasteiger partial charge on any atom is -0.382 e. The van der Waals surface area contributed by atoms with Crippen molar-refractivity contribution in [2.75, 3.05) is 30.7 Å². The van der Waals surface area contributed by atoms with Crippen LogP contribution in [0.3, 0.4) is 0 Å². The highest BCUT2D eigenvalue weighted by Gasteiger charge is 2.16. The average Bonchev–Trinajstić information content (AvgIpc) is 2.75. The van der Waals surface area contributed by atoms with E-state index in [0.717, 1.165) is 13.0 Å². The van der Waals surface area contributed by atoms with Gasteiger partial charge in [-0.05, 0) is 20.3 Å². The molecule has 1 aromatic rings. The van der Waals surface area contributed by atoms with Crippen LogP contribution in [0.2, 0.25) is 0 Å². The highest BCUT2D eigenvalue weighted by Crippen LogP contribution is 2.24. The Labute approximate surface area is 117 Å². The third-order valence-corrected chi connectivity index (χ3v) is 3.41. The van der Waals surface area contributed by atoms with Gasteiger partial charge in [0.1, 0.15) is 10.7 Å². The SMILES string of the molecule is CCCNc1nc(N)c(C(=O)NCC(C)OCC)s1. The number of anilines is 2. The Hall–Kier alpha value is -1.34. The lowest BCUT2D eigenvalue weighted by Gasteiger charge is -2.11. The van der Waals surface area contributed by atoms with Crippen molar-refractivity contribution >= 4 is 28.2 Å². The van der Waals surface area contributed by atoms with Gasteiger partial charge in [0.25, 0.3) is 5.91 Å². The summed E-state index contributed by atoms with van der Waals surface area (Å²) in [5.41, 5.74) is 5.75. The molecule has 0 fully saturated rings. The fourth-order valence-corrected chi connectivity index (χ4v) is 2.29. The summed E-state index contributed by atoms with van der Waals surface area (Å²) >= 11 is 1.27.